The van der Waals surface area contributed by atoms with E-state index in [-0.39, 0.29) is 5.82 Å². The molecule has 4 heteroatoms. The second-order valence-corrected chi connectivity index (χ2v) is 5.79. The van der Waals surface area contributed by atoms with Gasteiger partial charge in [-0.1, -0.05) is 31.9 Å². The van der Waals surface area contributed by atoms with Crippen molar-refractivity contribution in [1.82, 2.24) is 9.78 Å². The number of halogens is 1. The molecule has 0 radical (unpaired) electrons. The van der Waals surface area contributed by atoms with Gasteiger partial charge in [-0.15, -0.1) is 0 Å². The lowest BCUT2D eigenvalue weighted by Gasteiger charge is -2.15. The summed E-state index contributed by atoms with van der Waals surface area (Å²) in [6.45, 7) is 2.26. The van der Waals surface area contributed by atoms with Gasteiger partial charge in [0.25, 0.3) is 0 Å². The first-order valence-corrected chi connectivity index (χ1v) is 7.16. The summed E-state index contributed by atoms with van der Waals surface area (Å²) in [7, 11) is 1.85. The lowest BCUT2D eigenvalue weighted by molar-refractivity contribution is 0.516. The Kier molecular flexibility index (Phi) is 3.24. The highest BCUT2D eigenvalue weighted by Crippen LogP contribution is 2.44. The van der Waals surface area contributed by atoms with Crippen molar-refractivity contribution in [3.63, 3.8) is 0 Å². The number of rotatable bonds is 2. The number of anilines is 1. The molecular weight excluding hydrogens is 253 g/mol. The molecular formula is C16H20FN3. The minimum absolute atomic E-state index is 0.240. The van der Waals surface area contributed by atoms with Gasteiger partial charge in [0, 0.05) is 18.5 Å². The molecule has 2 atom stereocenters. The number of nitrogens with zero attached hydrogens (tertiary/aromatic N) is 2. The molecule has 1 heterocycles. The third kappa shape index (κ3) is 2.09. The molecule has 0 amide bonds. The van der Waals surface area contributed by atoms with Crippen molar-refractivity contribution in [3.05, 3.63) is 35.8 Å². The first kappa shape index (κ1) is 13.2. The summed E-state index contributed by atoms with van der Waals surface area (Å²) in [5.74, 6) is 1.41. The van der Waals surface area contributed by atoms with Crippen LogP contribution in [0, 0.1) is 11.7 Å². The maximum absolute atomic E-state index is 13.5. The molecule has 3 nitrogen and oxygen atoms in total. The number of hydrogen-bond donors (Lipinski definition) is 1. The van der Waals surface area contributed by atoms with Crippen molar-refractivity contribution in [2.45, 2.75) is 32.1 Å². The zero-order valence-corrected chi connectivity index (χ0v) is 11.9. The van der Waals surface area contributed by atoms with Gasteiger partial charge in [-0.2, -0.15) is 5.10 Å². The van der Waals surface area contributed by atoms with Gasteiger partial charge < -0.3 is 5.73 Å². The molecule has 0 aliphatic heterocycles. The zero-order chi connectivity index (χ0) is 14.3. The Morgan fingerprint density at radius 3 is 2.80 bits per heavy atom. The van der Waals surface area contributed by atoms with E-state index in [1.165, 1.54) is 25.0 Å². The van der Waals surface area contributed by atoms with E-state index in [1.54, 1.807) is 10.7 Å². The first-order valence-electron chi connectivity index (χ1n) is 7.16. The molecule has 1 fully saturated rings. The van der Waals surface area contributed by atoms with Crippen LogP contribution in [0.3, 0.4) is 0 Å². The molecule has 2 aromatic rings. The van der Waals surface area contributed by atoms with Gasteiger partial charge in [-0.25, -0.2) is 4.39 Å². The first-order chi connectivity index (χ1) is 9.58. The van der Waals surface area contributed by atoms with Crippen molar-refractivity contribution < 1.29 is 4.39 Å². The molecule has 1 aromatic carbocycles. The van der Waals surface area contributed by atoms with Crippen LogP contribution in [0.1, 0.15) is 37.8 Å². The Balaban J connectivity index is 2.14. The van der Waals surface area contributed by atoms with E-state index in [9.17, 15) is 4.39 Å². The molecule has 1 aliphatic rings. The van der Waals surface area contributed by atoms with E-state index in [0.717, 1.165) is 23.2 Å². The molecule has 2 N–H and O–H groups in total. The Bertz CT molecular complexity index is 633. The highest BCUT2D eigenvalue weighted by molar-refractivity contribution is 5.77. The fourth-order valence-electron chi connectivity index (χ4n) is 3.31. The third-order valence-electron chi connectivity index (χ3n) is 4.44. The summed E-state index contributed by atoms with van der Waals surface area (Å²) in [6.07, 6.45) is 3.59. The summed E-state index contributed by atoms with van der Waals surface area (Å²) in [5, 5.41) is 4.62. The fourth-order valence-corrected chi connectivity index (χ4v) is 3.31. The maximum Gasteiger partial charge on any atom is 0.129 e. The number of aryl methyl sites for hydroxylation is 1. The summed E-state index contributed by atoms with van der Waals surface area (Å²) in [6, 6.07) is 6.61. The largest absolute Gasteiger partial charge is 0.383 e. The van der Waals surface area contributed by atoms with E-state index < -0.39 is 0 Å². The minimum Gasteiger partial charge on any atom is -0.383 e. The highest BCUT2D eigenvalue weighted by Gasteiger charge is 2.31. The normalized spacial score (nSPS) is 22.4. The Morgan fingerprint density at radius 1 is 1.35 bits per heavy atom. The summed E-state index contributed by atoms with van der Waals surface area (Å²) in [4.78, 5) is 0. The number of benzene rings is 1. The monoisotopic (exact) mass is 273 g/mol. The van der Waals surface area contributed by atoms with E-state index in [1.807, 2.05) is 13.1 Å². The van der Waals surface area contributed by atoms with E-state index in [0.29, 0.717) is 17.7 Å². The Morgan fingerprint density at radius 2 is 2.15 bits per heavy atom. The average molecular weight is 273 g/mol. The Labute approximate surface area is 118 Å². The van der Waals surface area contributed by atoms with Crippen LogP contribution < -0.4 is 5.73 Å². The summed E-state index contributed by atoms with van der Waals surface area (Å²) in [5.41, 5.74) is 8.94. The fraction of sp³-hybridized carbons (Fsp3) is 0.438. The molecule has 106 valence electrons. The molecule has 3 rings (SSSR count). The average Bonchev–Trinajstić information content (AvgIpc) is 2.94. The van der Waals surface area contributed by atoms with Gasteiger partial charge in [0.2, 0.25) is 0 Å². The highest BCUT2D eigenvalue weighted by atomic mass is 19.1. The van der Waals surface area contributed by atoms with Crippen molar-refractivity contribution >= 4 is 5.82 Å². The topological polar surface area (TPSA) is 43.8 Å². The molecule has 2 unspecified atom stereocenters. The van der Waals surface area contributed by atoms with Crippen molar-refractivity contribution in [1.29, 1.82) is 0 Å². The number of aromatic nitrogens is 2. The molecule has 20 heavy (non-hydrogen) atoms. The van der Waals surface area contributed by atoms with E-state index >= 15 is 0 Å². The van der Waals surface area contributed by atoms with Crippen LogP contribution in [0.15, 0.2) is 24.3 Å². The van der Waals surface area contributed by atoms with Crippen molar-refractivity contribution in [2.75, 3.05) is 5.73 Å². The van der Waals surface area contributed by atoms with Gasteiger partial charge >= 0.3 is 0 Å². The molecule has 0 bridgehead atoms. The molecule has 0 spiro atoms. The van der Waals surface area contributed by atoms with E-state index in [2.05, 4.69) is 12.0 Å². The van der Waals surface area contributed by atoms with Gasteiger partial charge in [0.05, 0.1) is 5.69 Å². The third-order valence-corrected chi connectivity index (χ3v) is 4.44. The number of nitrogens with two attached hydrogens (primary N) is 1. The Hall–Kier alpha value is -1.84. The van der Waals surface area contributed by atoms with Gasteiger partial charge in [-0.3, -0.25) is 4.68 Å². The predicted molar refractivity (Wildman–Crippen MR) is 78.8 cm³/mol. The van der Waals surface area contributed by atoms with Crippen molar-refractivity contribution in [2.24, 2.45) is 13.0 Å². The van der Waals surface area contributed by atoms with Gasteiger partial charge in [-0.05, 0) is 30.0 Å². The van der Waals surface area contributed by atoms with Crippen LogP contribution in [-0.4, -0.2) is 9.78 Å². The second-order valence-electron chi connectivity index (χ2n) is 5.79. The molecule has 1 aromatic heterocycles. The van der Waals surface area contributed by atoms with Crippen LogP contribution in [0.2, 0.25) is 0 Å². The quantitative estimate of drug-likeness (QED) is 0.906. The van der Waals surface area contributed by atoms with Crippen LogP contribution in [-0.2, 0) is 7.05 Å². The lowest BCUT2D eigenvalue weighted by Crippen LogP contribution is -2.05. The lowest BCUT2D eigenvalue weighted by atomic mass is 9.90. The van der Waals surface area contributed by atoms with Crippen LogP contribution >= 0.6 is 0 Å². The van der Waals surface area contributed by atoms with Gasteiger partial charge in [0.1, 0.15) is 11.6 Å². The van der Waals surface area contributed by atoms with E-state index in [4.69, 9.17) is 5.73 Å². The van der Waals surface area contributed by atoms with Gasteiger partial charge in [0.15, 0.2) is 0 Å². The van der Waals surface area contributed by atoms with Crippen LogP contribution in [0.25, 0.3) is 11.1 Å². The summed E-state index contributed by atoms with van der Waals surface area (Å²) >= 11 is 0. The molecule has 0 saturated heterocycles. The maximum atomic E-state index is 13.5. The van der Waals surface area contributed by atoms with Crippen LogP contribution in [0.4, 0.5) is 10.2 Å². The molecule has 1 saturated carbocycles. The predicted octanol–water partition coefficient (Wildman–Crippen LogP) is 3.71. The van der Waals surface area contributed by atoms with Crippen molar-refractivity contribution in [3.8, 4) is 11.1 Å². The van der Waals surface area contributed by atoms with Crippen LogP contribution in [0.5, 0.6) is 0 Å². The zero-order valence-electron chi connectivity index (χ0n) is 11.9. The SMILES string of the molecule is CC1CCCC1c1nn(C)c(N)c1-c1cccc(F)c1. The smallest absolute Gasteiger partial charge is 0.129 e. The number of nitrogen functional groups attached to an aromatic ring is 1. The summed E-state index contributed by atoms with van der Waals surface area (Å²) < 4.78 is 15.2. The molecule has 1 aliphatic carbocycles. The number of hydrogen-bond acceptors (Lipinski definition) is 2. The second kappa shape index (κ2) is 4.93. The standard InChI is InChI=1S/C16H20FN3/c1-10-5-3-8-13(10)15-14(16(18)20(2)19-15)11-6-4-7-12(17)9-11/h4,6-7,9-10,13H,3,5,8,18H2,1-2H3. The minimum atomic E-state index is -0.240.